The van der Waals surface area contributed by atoms with Crippen molar-refractivity contribution < 1.29 is 14.7 Å². The van der Waals surface area contributed by atoms with Crippen molar-refractivity contribution >= 4 is 17.5 Å². The third kappa shape index (κ3) is 4.38. The van der Waals surface area contributed by atoms with Gasteiger partial charge in [0.05, 0.1) is 6.10 Å². The van der Waals surface area contributed by atoms with Crippen LogP contribution in [0.4, 0.5) is 5.69 Å². The second-order valence-corrected chi connectivity index (χ2v) is 10.2. The number of amides is 2. The molecule has 0 bridgehead atoms. The summed E-state index contributed by atoms with van der Waals surface area (Å²) in [5.41, 5.74) is 4.82. The molecule has 0 saturated heterocycles. The number of carbonyl (C=O) groups excluding carboxylic acids is 2. The first-order valence-corrected chi connectivity index (χ1v) is 12.5. The Bertz CT molecular complexity index is 1310. The van der Waals surface area contributed by atoms with E-state index in [9.17, 15) is 14.7 Å². The lowest BCUT2D eigenvalue weighted by molar-refractivity contribution is 0.0459. The molecule has 36 heavy (non-hydrogen) atoms. The highest BCUT2D eigenvalue weighted by Crippen LogP contribution is 2.52. The maximum Gasteiger partial charge on any atom is 0.293 e. The Labute approximate surface area is 210 Å². The molecule has 3 aliphatic rings. The lowest BCUT2D eigenvalue weighted by Gasteiger charge is -2.37. The van der Waals surface area contributed by atoms with Crippen LogP contribution >= 0.6 is 0 Å². The Balaban J connectivity index is 1.15. The highest BCUT2D eigenvalue weighted by atomic mass is 16.3. The molecular weight excluding hydrogens is 454 g/mol. The second kappa shape index (κ2) is 9.11. The molecular formula is C28H29N5O3. The summed E-state index contributed by atoms with van der Waals surface area (Å²) < 4.78 is 0. The SMILES string of the molecule is O=C(Nc1ccc2c(c1)C(=O)N(C[C@H](O)CN1CCc3ccccc3C1)CC21CC1)c1ncccn1. The van der Waals surface area contributed by atoms with Gasteiger partial charge in [0.25, 0.3) is 11.8 Å². The molecule has 6 rings (SSSR count). The van der Waals surface area contributed by atoms with Gasteiger partial charge in [0, 0.05) is 61.8 Å². The van der Waals surface area contributed by atoms with Gasteiger partial charge in [-0.25, -0.2) is 9.97 Å². The number of nitrogens with zero attached hydrogens (tertiary/aromatic N) is 4. The number of nitrogens with one attached hydrogen (secondary N) is 1. The fourth-order valence-electron chi connectivity index (χ4n) is 5.60. The van der Waals surface area contributed by atoms with Crippen LogP contribution in [-0.2, 0) is 18.4 Å². The number of fused-ring (bicyclic) bond motifs is 3. The molecule has 1 aliphatic carbocycles. The molecule has 2 aromatic carbocycles. The fourth-order valence-corrected chi connectivity index (χ4v) is 5.60. The van der Waals surface area contributed by atoms with Crippen LogP contribution < -0.4 is 5.32 Å². The maximum absolute atomic E-state index is 13.5. The highest BCUT2D eigenvalue weighted by molar-refractivity contribution is 6.03. The molecule has 3 aromatic rings. The van der Waals surface area contributed by atoms with Gasteiger partial charge in [0.2, 0.25) is 5.82 Å². The Morgan fingerprint density at radius 1 is 1.06 bits per heavy atom. The number of anilines is 1. The van der Waals surface area contributed by atoms with Crippen LogP contribution in [-0.4, -0.2) is 69.0 Å². The lowest BCUT2D eigenvalue weighted by atomic mass is 9.86. The summed E-state index contributed by atoms with van der Waals surface area (Å²) in [6.45, 7) is 3.19. The highest BCUT2D eigenvalue weighted by Gasteiger charge is 2.51. The molecule has 3 heterocycles. The molecule has 1 atom stereocenters. The number of carbonyl (C=O) groups is 2. The van der Waals surface area contributed by atoms with Crippen LogP contribution in [0.3, 0.4) is 0 Å². The third-order valence-corrected chi connectivity index (χ3v) is 7.59. The van der Waals surface area contributed by atoms with Crippen molar-refractivity contribution in [2.24, 2.45) is 0 Å². The van der Waals surface area contributed by atoms with E-state index in [1.165, 1.54) is 23.5 Å². The summed E-state index contributed by atoms with van der Waals surface area (Å²) in [4.78, 5) is 38.0. The number of rotatable bonds is 6. The number of aliphatic hydroxyl groups excluding tert-OH is 1. The number of hydrogen-bond acceptors (Lipinski definition) is 6. The third-order valence-electron chi connectivity index (χ3n) is 7.59. The van der Waals surface area contributed by atoms with E-state index < -0.39 is 12.0 Å². The Hall–Kier alpha value is -3.62. The van der Waals surface area contributed by atoms with E-state index in [4.69, 9.17) is 0 Å². The van der Waals surface area contributed by atoms with Crippen LogP contribution in [0.15, 0.2) is 60.9 Å². The largest absolute Gasteiger partial charge is 0.390 e. The zero-order valence-electron chi connectivity index (χ0n) is 20.1. The summed E-state index contributed by atoms with van der Waals surface area (Å²) in [7, 11) is 0. The Morgan fingerprint density at radius 2 is 1.83 bits per heavy atom. The first-order chi connectivity index (χ1) is 17.5. The first-order valence-electron chi connectivity index (χ1n) is 12.5. The van der Waals surface area contributed by atoms with E-state index >= 15 is 0 Å². The lowest BCUT2D eigenvalue weighted by Crippen LogP contribution is -2.49. The average Bonchev–Trinajstić information content (AvgIpc) is 3.67. The van der Waals surface area contributed by atoms with Crippen molar-refractivity contribution in [3.63, 3.8) is 0 Å². The van der Waals surface area contributed by atoms with Crippen LogP contribution in [0, 0.1) is 0 Å². The average molecular weight is 484 g/mol. The topological polar surface area (TPSA) is 98.7 Å². The first kappa shape index (κ1) is 22.8. The summed E-state index contributed by atoms with van der Waals surface area (Å²) in [6.07, 6.45) is 5.42. The van der Waals surface area contributed by atoms with E-state index in [0.29, 0.717) is 30.9 Å². The molecule has 0 unspecified atom stereocenters. The summed E-state index contributed by atoms with van der Waals surface area (Å²) in [5, 5.41) is 13.8. The van der Waals surface area contributed by atoms with Gasteiger partial charge in [-0.05, 0) is 54.2 Å². The van der Waals surface area contributed by atoms with Gasteiger partial charge < -0.3 is 15.3 Å². The van der Waals surface area contributed by atoms with Gasteiger partial charge in [-0.15, -0.1) is 0 Å². The van der Waals surface area contributed by atoms with Gasteiger partial charge >= 0.3 is 0 Å². The van der Waals surface area contributed by atoms with E-state index in [0.717, 1.165) is 37.9 Å². The number of benzene rings is 2. The zero-order chi connectivity index (χ0) is 24.7. The minimum atomic E-state index is -0.630. The summed E-state index contributed by atoms with van der Waals surface area (Å²) >= 11 is 0. The summed E-state index contributed by atoms with van der Waals surface area (Å²) in [6, 6.07) is 15.6. The molecule has 8 heteroatoms. The molecule has 1 saturated carbocycles. The van der Waals surface area contributed by atoms with Crippen LogP contribution in [0.1, 0.15) is 50.5 Å². The minimum absolute atomic E-state index is 0.0435. The Morgan fingerprint density at radius 3 is 2.61 bits per heavy atom. The van der Waals surface area contributed by atoms with Gasteiger partial charge in [-0.2, -0.15) is 0 Å². The monoisotopic (exact) mass is 483 g/mol. The zero-order valence-corrected chi connectivity index (χ0v) is 20.1. The number of aromatic nitrogens is 2. The van der Waals surface area contributed by atoms with Gasteiger partial charge in [-0.3, -0.25) is 14.5 Å². The van der Waals surface area contributed by atoms with Gasteiger partial charge in [0.1, 0.15) is 0 Å². The predicted octanol–water partition coefficient (Wildman–Crippen LogP) is 2.64. The van der Waals surface area contributed by atoms with E-state index in [1.807, 2.05) is 12.1 Å². The summed E-state index contributed by atoms with van der Waals surface area (Å²) in [5.74, 6) is -0.446. The minimum Gasteiger partial charge on any atom is -0.390 e. The number of hydrogen-bond donors (Lipinski definition) is 2. The van der Waals surface area contributed by atoms with Crippen LogP contribution in [0.2, 0.25) is 0 Å². The molecule has 2 aliphatic heterocycles. The quantitative estimate of drug-likeness (QED) is 0.559. The molecule has 2 N–H and O–H groups in total. The number of β-amino-alcohol motifs (C(OH)–C–C–N with tert-alkyl or cyclic N) is 1. The van der Waals surface area contributed by atoms with Crippen LogP contribution in [0.25, 0.3) is 0 Å². The van der Waals surface area contributed by atoms with Crippen molar-refractivity contribution in [3.8, 4) is 0 Å². The molecule has 0 radical (unpaired) electrons. The molecule has 184 valence electrons. The van der Waals surface area contributed by atoms with E-state index in [2.05, 4.69) is 44.5 Å². The van der Waals surface area contributed by atoms with E-state index in [-0.39, 0.29) is 17.1 Å². The van der Waals surface area contributed by atoms with Crippen molar-refractivity contribution in [1.29, 1.82) is 0 Å². The molecule has 1 fully saturated rings. The van der Waals surface area contributed by atoms with Crippen molar-refractivity contribution in [2.75, 3.05) is 31.5 Å². The second-order valence-electron chi connectivity index (χ2n) is 10.2. The standard InChI is InChI=1S/C28H29N5O3/c34-22(16-32-13-8-19-4-1-2-5-20(19)15-32)17-33-18-28(9-10-28)24-7-6-21(14-23(24)27(33)36)31-26(35)25-29-11-3-12-30-25/h1-7,11-12,14,22,34H,8-10,13,15-18H2,(H,31,35)/t22-/m1/s1. The van der Waals surface area contributed by atoms with Crippen molar-refractivity contribution in [3.05, 3.63) is 89.0 Å². The van der Waals surface area contributed by atoms with Crippen LogP contribution in [0.5, 0.6) is 0 Å². The normalized spacial score (nSPS) is 18.9. The fraction of sp³-hybridized carbons (Fsp3) is 0.357. The maximum atomic E-state index is 13.5. The predicted molar refractivity (Wildman–Crippen MR) is 135 cm³/mol. The molecule has 2 amide bonds. The van der Waals surface area contributed by atoms with E-state index in [1.54, 1.807) is 17.0 Å². The number of aliphatic hydroxyl groups is 1. The van der Waals surface area contributed by atoms with Crippen molar-refractivity contribution in [2.45, 2.75) is 37.3 Å². The van der Waals surface area contributed by atoms with Gasteiger partial charge in [-0.1, -0.05) is 30.3 Å². The van der Waals surface area contributed by atoms with Gasteiger partial charge in [0.15, 0.2) is 0 Å². The molecule has 1 spiro atoms. The molecule has 1 aromatic heterocycles. The smallest absolute Gasteiger partial charge is 0.293 e. The van der Waals surface area contributed by atoms with Crippen molar-refractivity contribution in [1.82, 2.24) is 19.8 Å². The Kier molecular flexibility index (Phi) is 5.78. The molecule has 8 nitrogen and oxygen atoms in total.